The zero-order valence-electron chi connectivity index (χ0n) is 29.2. The molecule has 2 atom stereocenters. The molecule has 1 saturated carbocycles. The maximum Gasteiger partial charge on any atom is 0.340 e. The molecule has 1 saturated heterocycles. The van der Waals surface area contributed by atoms with Crippen molar-refractivity contribution in [3.63, 3.8) is 0 Å². The summed E-state index contributed by atoms with van der Waals surface area (Å²) in [5, 5.41) is 11.6. The number of benzene rings is 2. The van der Waals surface area contributed by atoms with Gasteiger partial charge in [-0.05, 0) is 49.8 Å². The maximum absolute atomic E-state index is 13.8. The molecular formula is C42H43N3O7. The molecular weight excluding hydrogens is 658 g/mol. The van der Waals surface area contributed by atoms with Gasteiger partial charge >= 0.3 is 5.97 Å². The second-order valence-electron chi connectivity index (χ2n) is 14.9. The number of ether oxygens (including phenoxy) is 2. The number of amides is 1. The fourth-order valence-electron chi connectivity index (χ4n) is 8.95. The number of aliphatic hydroxyl groups is 1. The highest BCUT2D eigenvalue weighted by molar-refractivity contribution is 6.24. The number of rotatable bonds is 8. The lowest BCUT2D eigenvalue weighted by Crippen LogP contribution is -2.51. The topological polar surface area (TPSA) is 128 Å². The van der Waals surface area contributed by atoms with Crippen LogP contribution in [0.25, 0.3) is 5.57 Å². The fourth-order valence-corrected chi connectivity index (χ4v) is 8.95. The Morgan fingerprint density at radius 3 is 2.50 bits per heavy atom. The summed E-state index contributed by atoms with van der Waals surface area (Å²) in [5.74, 6) is 0.655. The molecule has 0 unspecified atom stereocenters. The van der Waals surface area contributed by atoms with Crippen molar-refractivity contribution in [2.24, 2.45) is 11.8 Å². The highest BCUT2D eigenvalue weighted by Crippen LogP contribution is 2.57. The van der Waals surface area contributed by atoms with E-state index in [0.29, 0.717) is 72.0 Å². The molecule has 2 fully saturated rings. The van der Waals surface area contributed by atoms with Gasteiger partial charge in [-0.25, -0.2) is 9.78 Å². The summed E-state index contributed by atoms with van der Waals surface area (Å²) in [5.41, 5.74) is -1.01. The molecule has 1 N–H and O–H groups in total. The Morgan fingerprint density at radius 1 is 1.02 bits per heavy atom. The molecule has 5 aliphatic rings. The van der Waals surface area contributed by atoms with Gasteiger partial charge in [0.2, 0.25) is 5.91 Å². The van der Waals surface area contributed by atoms with Crippen molar-refractivity contribution in [1.29, 1.82) is 0 Å². The van der Waals surface area contributed by atoms with Crippen LogP contribution in [0.15, 0.2) is 95.8 Å². The molecule has 8 rings (SSSR count). The van der Waals surface area contributed by atoms with Crippen molar-refractivity contribution in [1.82, 2.24) is 14.5 Å². The molecule has 1 amide bonds. The molecule has 52 heavy (non-hydrogen) atoms. The largest absolute Gasteiger partial charge is 0.457 e. The molecule has 1 aromatic heterocycles. The number of carbonyl (C=O) groups is 3. The molecule has 3 aliphatic heterocycles. The van der Waals surface area contributed by atoms with E-state index in [9.17, 15) is 24.3 Å². The van der Waals surface area contributed by atoms with Crippen molar-refractivity contribution in [2.75, 3.05) is 13.1 Å². The average Bonchev–Trinajstić information content (AvgIpc) is 3.45. The number of para-hydroxylation sites is 1. The Balaban J connectivity index is 1.07. The third kappa shape index (κ3) is 5.83. The van der Waals surface area contributed by atoms with Crippen LogP contribution in [-0.4, -0.2) is 55.9 Å². The number of piperidine rings is 1. The smallest absolute Gasteiger partial charge is 0.340 e. The summed E-state index contributed by atoms with van der Waals surface area (Å²) < 4.78 is 13.9. The Kier molecular flexibility index (Phi) is 8.81. The lowest BCUT2D eigenvalue weighted by Gasteiger charge is -2.40. The fraction of sp³-hybridized carbons (Fsp3) is 0.405. The van der Waals surface area contributed by atoms with E-state index in [1.807, 2.05) is 41.3 Å². The molecule has 10 heteroatoms. The quantitative estimate of drug-likeness (QED) is 0.228. The van der Waals surface area contributed by atoms with Crippen molar-refractivity contribution in [2.45, 2.75) is 82.0 Å². The van der Waals surface area contributed by atoms with E-state index in [4.69, 9.17) is 9.47 Å². The first kappa shape index (κ1) is 34.0. The average molecular weight is 702 g/mol. The summed E-state index contributed by atoms with van der Waals surface area (Å²) in [4.78, 5) is 61.0. The first-order valence-electron chi connectivity index (χ1n) is 18.5. The van der Waals surface area contributed by atoms with Crippen LogP contribution in [0.2, 0.25) is 0 Å². The van der Waals surface area contributed by atoms with E-state index in [0.717, 1.165) is 6.42 Å². The lowest BCUT2D eigenvalue weighted by atomic mass is 9.72. The number of likely N-dealkylation sites (tertiary alicyclic amines) is 1. The summed E-state index contributed by atoms with van der Waals surface area (Å²) in [6.07, 6.45) is 13.1. The number of aromatic nitrogens is 2. The Morgan fingerprint density at radius 2 is 1.75 bits per heavy atom. The van der Waals surface area contributed by atoms with Crippen LogP contribution < -0.4 is 10.3 Å². The Labute approximate surface area is 302 Å². The van der Waals surface area contributed by atoms with Crippen LogP contribution >= 0.6 is 0 Å². The number of nitrogens with zero attached hydrogens (tertiary/aromatic N) is 3. The monoisotopic (exact) mass is 701 g/mol. The van der Waals surface area contributed by atoms with Gasteiger partial charge in [0.05, 0.1) is 40.9 Å². The number of fused-ring (bicyclic) bond motifs is 6. The number of ketones is 1. The minimum absolute atomic E-state index is 0.00425. The number of allylic oxidation sites excluding steroid dienone is 3. The van der Waals surface area contributed by atoms with Crippen molar-refractivity contribution in [3.8, 4) is 5.75 Å². The lowest BCUT2D eigenvalue weighted by molar-refractivity contribution is -0.140. The van der Waals surface area contributed by atoms with Gasteiger partial charge in [0.25, 0.3) is 5.56 Å². The van der Waals surface area contributed by atoms with Crippen LogP contribution in [0.4, 0.5) is 0 Å². The Hall–Kier alpha value is -5.09. The van der Waals surface area contributed by atoms with Gasteiger partial charge in [-0.15, -0.1) is 6.58 Å². The molecule has 10 nitrogen and oxygen atoms in total. The first-order valence-corrected chi connectivity index (χ1v) is 18.5. The molecule has 0 bridgehead atoms. The van der Waals surface area contributed by atoms with Crippen LogP contribution in [0.5, 0.6) is 5.75 Å². The molecule has 3 aromatic rings. The molecule has 268 valence electrons. The number of hydrogen-bond acceptors (Lipinski definition) is 8. The third-order valence-electron chi connectivity index (χ3n) is 11.6. The summed E-state index contributed by atoms with van der Waals surface area (Å²) in [7, 11) is 0. The van der Waals surface area contributed by atoms with Gasteiger partial charge in [-0.2, -0.15) is 0 Å². The van der Waals surface area contributed by atoms with E-state index in [-0.39, 0.29) is 41.8 Å². The van der Waals surface area contributed by atoms with E-state index in [2.05, 4.69) is 11.6 Å². The van der Waals surface area contributed by atoms with Gasteiger partial charge in [0.15, 0.2) is 11.4 Å². The molecule has 2 aliphatic carbocycles. The summed E-state index contributed by atoms with van der Waals surface area (Å²) >= 11 is 0. The van der Waals surface area contributed by atoms with Gasteiger partial charge < -0.3 is 19.5 Å². The highest BCUT2D eigenvalue weighted by atomic mass is 16.6. The van der Waals surface area contributed by atoms with Crippen molar-refractivity contribution >= 4 is 23.2 Å². The number of esters is 1. The third-order valence-corrected chi connectivity index (χ3v) is 11.6. The number of Topliss-reactive ketones (excluding diaryl/α,β-unsaturated/α-hetero) is 1. The second-order valence-corrected chi connectivity index (χ2v) is 14.9. The predicted molar refractivity (Wildman–Crippen MR) is 193 cm³/mol. The van der Waals surface area contributed by atoms with Crippen LogP contribution in [0.3, 0.4) is 0 Å². The zero-order chi connectivity index (χ0) is 36.0. The van der Waals surface area contributed by atoms with E-state index in [1.54, 1.807) is 24.3 Å². The normalized spacial score (nSPS) is 22.9. The zero-order valence-corrected chi connectivity index (χ0v) is 29.2. The van der Waals surface area contributed by atoms with Gasteiger partial charge in [-0.1, -0.05) is 74.6 Å². The SMILES string of the molecule is C=CC[C@H](CC1CCCCC1)C(=O)N1CCC(O)(Cn2cnc(C3=C4C(=CCC3=O)Oc3ccccc3[C@@]43OC(=O)c4ccccc43)cc2=O)CC1. The molecule has 0 radical (unpaired) electrons. The van der Waals surface area contributed by atoms with Gasteiger partial charge in [0.1, 0.15) is 11.5 Å². The van der Waals surface area contributed by atoms with E-state index in [1.165, 1.54) is 49.1 Å². The summed E-state index contributed by atoms with van der Waals surface area (Å²) in [6, 6.07) is 15.6. The second kappa shape index (κ2) is 13.5. The Bertz CT molecular complexity index is 2080. The minimum atomic E-state index is -1.49. The number of hydrogen-bond donors (Lipinski definition) is 1. The van der Waals surface area contributed by atoms with Gasteiger partial charge in [0, 0.05) is 42.6 Å². The van der Waals surface area contributed by atoms with Crippen molar-refractivity contribution in [3.05, 3.63) is 124 Å². The van der Waals surface area contributed by atoms with Gasteiger partial charge in [-0.3, -0.25) is 19.0 Å². The van der Waals surface area contributed by atoms with E-state index < -0.39 is 22.7 Å². The van der Waals surface area contributed by atoms with Crippen molar-refractivity contribution < 1.29 is 29.0 Å². The molecule has 4 heterocycles. The van der Waals surface area contributed by atoms with E-state index >= 15 is 0 Å². The van der Waals surface area contributed by atoms with Crippen LogP contribution in [-0.2, 0) is 26.5 Å². The molecule has 1 spiro atoms. The standard InChI is InChI=1S/C42H43N3O7/c1-2-10-28(23-27-11-4-3-5-12-27)39(48)44-21-19-41(50,20-22-44)25-45-26-43-32(24-36(45)47)37-33(46)17-18-35-38(37)42(31-15-8-9-16-34(31)51-35)30-14-7-6-13-29(30)40(49)52-42/h2,6-9,13-16,18,24,26-28,50H,1,3-5,10-12,17,19-23,25H2/t28-,42-/m1/s1. The molecule has 2 aromatic carbocycles. The summed E-state index contributed by atoms with van der Waals surface area (Å²) in [6.45, 7) is 4.70. The number of carbonyl (C=O) groups excluding carboxylic acids is 3. The van der Waals surface area contributed by atoms with Crippen LogP contribution in [0, 0.1) is 11.8 Å². The first-order chi connectivity index (χ1) is 25.2. The van der Waals surface area contributed by atoms with Crippen LogP contribution in [0.1, 0.15) is 91.4 Å². The maximum atomic E-state index is 13.8. The highest BCUT2D eigenvalue weighted by Gasteiger charge is 2.57. The minimum Gasteiger partial charge on any atom is -0.457 e. The predicted octanol–water partition coefficient (Wildman–Crippen LogP) is 5.88.